The summed E-state index contributed by atoms with van der Waals surface area (Å²) in [4.78, 5) is 13.5. The van der Waals surface area contributed by atoms with Crippen molar-refractivity contribution < 1.29 is 9.90 Å². The van der Waals surface area contributed by atoms with Gasteiger partial charge in [-0.3, -0.25) is 4.79 Å². The predicted octanol–water partition coefficient (Wildman–Crippen LogP) is 1.56. The molecule has 0 amide bonds. The Bertz CT molecular complexity index is 260. The summed E-state index contributed by atoms with van der Waals surface area (Å²) in [6, 6.07) is -0.429. The van der Waals surface area contributed by atoms with Gasteiger partial charge in [-0.05, 0) is 25.3 Å². The average molecular weight is 183 g/mol. The fourth-order valence-corrected chi connectivity index (χ4v) is 1.90. The summed E-state index contributed by atoms with van der Waals surface area (Å²) < 4.78 is 0. The third-order valence-corrected chi connectivity index (χ3v) is 2.45. The minimum absolute atomic E-state index is 0.0671. The van der Waals surface area contributed by atoms with E-state index in [-0.39, 0.29) is 12.2 Å². The summed E-state index contributed by atoms with van der Waals surface area (Å²) in [5, 5.41) is 13.5. The second-order valence-electron chi connectivity index (χ2n) is 3.60. The maximum atomic E-state index is 10.9. The highest BCUT2D eigenvalue weighted by atomic mass is 16.3. The molecule has 72 valence electrons. The van der Waals surface area contributed by atoms with Crippen LogP contribution < -0.4 is 0 Å². The van der Waals surface area contributed by atoms with Gasteiger partial charge in [0.05, 0.1) is 11.6 Å². The molecule has 0 aromatic carbocycles. The molecule has 0 aromatic rings. The van der Waals surface area contributed by atoms with E-state index in [2.05, 4.69) is 10.0 Å². The van der Waals surface area contributed by atoms with Gasteiger partial charge in [0.1, 0.15) is 5.78 Å². The number of Topliss-reactive ketones (excluding diaryl/α,β-unsaturated/α-hetero) is 1. The van der Waals surface area contributed by atoms with Gasteiger partial charge in [-0.25, -0.2) is 0 Å². The Labute approximate surface area is 76.4 Å². The number of ketones is 1. The van der Waals surface area contributed by atoms with Crippen LogP contribution in [0.5, 0.6) is 0 Å². The smallest absolute Gasteiger partial charge is 0.132 e. The highest BCUT2D eigenvalue weighted by molar-refractivity contribution is 5.76. The Kier molecular flexibility index (Phi) is 2.90. The molecule has 0 spiro atoms. The molecule has 5 heteroatoms. The molecule has 1 fully saturated rings. The first-order valence-corrected chi connectivity index (χ1v) is 4.34. The second-order valence-corrected chi connectivity index (χ2v) is 3.60. The first-order chi connectivity index (χ1) is 6.08. The molecule has 2 atom stereocenters. The van der Waals surface area contributed by atoms with Crippen molar-refractivity contribution in [3.8, 4) is 0 Å². The number of rotatable bonds is 3. The van der Waals surface area contributed by atoms with E-state index in [1.54, 1.807) is 0 Å². The molecule has 0 bridgehead atoms. The predicted molar refractivity (Wildman–Crippen MR) is 47.0 cm³/mol. The van der Waals surface area contributed by atoms with E-state index in [0.717, 1.165) is 6.42 Å². The molecule has 1 saturated carbocycles. The third-order valence-electron chi connectivity index (χ3n) is 2.45. The highest BCUT2D eigenvalue weighted by Gasteiger charge is 2.41. The fraction of sp³-hybridized carbons (Fsp3) is 0.875. The van der Waals surface area contributed by atoms with Crippen LogP contribution in [0.1, 0.15) is 32.6 Å². The van der Waals surface area contributed by atoms with Crippen LogP contribution in [0.25, 0.3) is 10.4 Å². The maximum absolute atomic E-state index is 10.9. The van der Waals surface area contributed by atoms with E-state index in [4.69, 9.17) is 5.53 Å². The monoisotopic (exact) mass is 183 g/mol. The van der Waals surface area contributed by atoms with Gasteiger partial charge in [-0.2, -0.15) is 0 Å². The van der Waals surface area contributed by atoms with Crippen molar-refractivity contribution in [3.05, 3.63) is 10.4 Å². The number of carbonyl (C=O) groups excluding carboxylic acids is 1. The molecule has 0 saturated heterocycles. The van der Waals surface area contributed by atoms with E-state index in [9.17, 15) is 9.90 Å². The molecule has 1 aliphatic rings. The van der Waals surface area contributed by atoms with Crippen molar-refractivity contribution in [2.75, 3.05) is 0 Å². The number of hydrogen-bond donors (Lipinski definition) is 1. The van der Waals surface area contributed by atoms with Crippen LogP contribution in [0.4, 0.5) is 0 Å². The zero-order chi connectivity index (χ0) is 9.90. The van der Waals surface area contributed by atoms with Gasteiger partial charge in [-0.15, -0.1) is 0 Å². The van der Waals surface area contributed by atoms with Crippen LogP contribution >= 0.6 is 0 Å². The molecule has 1 rings (SSSR count). The van der Waals surface area contributed by atoms with Crippen LogP contribution in [0.15, 0.2) is 5.11 Å². The molecule has 0 aliphatic heterocycles. The standard InChI is InChI=1S/C8H13N3O2/c1-6(12)5-8(13)4-2-3-7(8)10-11-9/h7,13H,2-5H2,1H3. The summed E-state index contributed by atoms with van der Waals surface area (Å²) in [6.07, 6.45) is 2.13. The average Bonchev–Trinajstić information content (AvgIpc) is 2.32. The van der Waals surface area contributed by atoms with Crippen LogP contribution in [0.2, 0.25) is 0 Å². The zero-order valence-electron chi connectivity index (χ0n) is 7.60. The van der Waals surface area contributed by atoms with Crippen LogP contribution in [0, 0.1) is 0 Å². The molecular formula is C8H13N3O2. The SMILES string of the molecule is CC(=O)CC1(O)CCCC1N=[N+]=[N-]. The van der Waals surface area contributed by atoms with Crippen molar-refractivity contribution in [2.24, 2.45) is 5.11 Å². The van der Waals surface area contributed by atoms with Gasteiger partial charge in [0.2, 0.25) is 0 Å². The fourth-order valence-electron chi connectivity index (χ4n) is 1.90. The Morgan fingerprint density at radius 1 is 1.85 bits per heavy atom. The highest BCUT2D eigenvalue weighted by Crippen LogP contribution is 2.35. The van der Waals surface area contributed by atoms with Crippen molar-refractivity contribution in [1.29, 1.82) is 0 Å². The molecule has 1 aliphatic carbocycles. The molecule has 0 heterocycles. The lowest BCUT2D eigenvalue weighted by molar-refractivity contribution is -0.122. The Hall–Kier alpha value is -1.06. The summed E-state index contributed by atoms with van der Waals surface area (Å²) in [5.74, 6) is -0.0671. The normalized spacial score (nSPS) is 32.6. The molecular weight excluding hydrogens is 170 g/mol. The number of azide groups is 1. The lowest BCUT2D eigenvalue weighted by Gasteiger charge is -2.25. The van der Waals surface area contributed by atoms with E-state index in [0.29, 0.717) is 12.8 Å². The van der Waals surface area contributed by atoms with E-state index in [1.807, 2.05) is 0 Å². The molecule has 0 aromatic heterocycles. The molecule has 5 nitrogen and oxygen atoms in total. The van der Waals surface area contributed by atoms with E-state index < -0.39 is 11.6 Å². The molecule has 13 heavy (non-hydrogen) atoms. The number of hydrogen-bond acceptors (Lipinski definition) is 3. The summed E-state index contributed by atoms with van der Waals surface area (Å²) in [6.45, 7) is 1.43. The van der Waals surface area contributed by atoms with Crippen molar-refractivity contribution in [1.82, 2.24) is 0 Å². The molecule has 0 radical (unpaired) electrons. The van der Waals surface area contributed by atoms with Crippen LogP contribution in [-0.4, -0.2) is 22.5 Å². The van der Waals surface area contributed by atoms with Gasteiger partial charge in [0.25, 0.3) is 0 Å². The van der Waals surface area contributed by atoms with Gasteiger partial charge >= 0.3 is 0 Å². The Morgan fingerprint density at radius 3 is 3.08 bits per heavy atom. The number of nitrogens with zero attached hydrogens (tertiary/aromatic N) is 3. The van der Waals surface area contributed by atoms with Gasteiger partial charge in [0.15, 0.2) is 0 Å². The minimum Gasteiger partial charge on any atom is -0.389 e. The maximum Gasteiger partial charge on any atom is 0.132 e. The molecule has 2 unspecified atom stereocenters. The Morgan fingerprint density at radius 2 is 2.54 bits per heavy atom. The van der Waals surface area contributed by atoms with Gasteiger partial charge < -0.3 is 5.11 Å². The van der Waals surface area contributed by atoms with Gasteiger partial charge in [-0.1, -0.05) is 11.5 Å². The Balaban J connectivity index is 2.74. The summed E-state index contributed by atoms with van der Waals surface area (Å²) in [5.41, 5.74) is 7.17. The third kappa shape index (κ3) is 2.20. The summed E-state index contributed by atoms with van der Waals surface area (Å²) in [7, 11) is 0. The van der Waals surface area contributed by atoms with Crippen molar-refractivity contribution >= 4 is 5.78 Å². The topological polar surface area (TPSA) is 86.1 Å². The molecule has 1 N–H and O–H groups in total. The van der Waals surface area contributed by atoms with Crippen molar-refractivity contribution in [2.45, 2.75) is 44.2 Å². The quantitative estimate of drug-likeness (QED) is 0.409. The number of aliphatic hydroxyl groups is 1. The largest absolute Gasteiger partial charge is 0.389 e. The zero-order valence-corrected chi connectivity index (χ0v) is 7.60. The number of carbonyl (C=O) groups is 1. The van der Waals surface area contributed by atoms with Crippen molar-refractivity contribution in [3.63, 3.8) is 0 Å². The lowest BCUT2D eigenvalue weighted by atomic mass is 9.92. The van der Waals surface area contributed by atoms with Crippen LogP contribution in [0.3, 0.4) is 0 Å². The van der Waals surface area contributed by atoms with Crippen LogP contribution in [-0.2, 0) is 4.79 Å². The van der Waals surface area contributed by atoms with E-state index >= 15 is 0 Å². The summed E-state index contributed by atoms with van der Waals surface area (Å²) >= 11 is 0. The lowest BCUT2D eigenvalue weighted by Crippen LogP contribution is -2.37. The van der Waals surface area contributed by atoms with Gasteiger partial charge in [0, 0.05) is 11.3 Å². The second kappa shape index (κ2) is 3.77. The minimum atomic E-state index is -1.09. The first kappa shape index (κ1) is 10.0. The first-order valence-electron chi connectivity index (χ1n) is 4.34. The van der Waals surface area contributed by atoms with E-state index in [1.165, 1.54) is 6.92 Å².